The van der Waals surface area contributed by atoms with Gasteiger partial charge in [-0.05, 0) is 18.6 Å². The summed E-state index contributed by atoms with van der Waals surface area (Å²) < 4.78 is 27.7. The lowest BCUT2D eigenvalue weighted by Crippen LogP contribution is -2.42. The average Bonchev–Trinajstić information content (AvgIpc) is 2.39. The molecule has 94 valence electrons. The van der Waals surface area contributed by atoms with Gasteiger partial charge >= 0.3 is 0 Å². The van der Waals surface area contributed by atoms with Crippen LogP contribution in [0.25, 0.3) is 0 Å². The van der Waals surface area contributed by atoms with E-state index in [-0.39, 0.29) is 11.5 Å². The van der Waals surface area contributed by atoms with Crippen LogP contribution in [0.15, 0.2) is 0 Å². The van der Waals surface area contributed by atoms with Crippen LogP contribution in [0.5, 0.6) is 0 Å². The molecule has 5 nitrogen and oxygen atoms in total. The van der Waals surface area contributed by atoms with Crippen molar-refractivity contribution in [1.82, 2.24) is 10.2 Å². The number of methoxy groups -OCH3 is 1. The SMILES string of the molecule is COCCNC(=S)N1CCCS(=O)(=O)CC1. The van der Waals surface area contributed by atoms with E-state index in [4.69, 9.17) is 17.0 Å². The number of hydrogen-bond donors (Lipinski definition) is 1. The smallest absolute Gasteiger partial charge is 0.169 e. The molecule has 0 aromatic carbocycles. The van der Waals surface area contributed by atoms with E-state index in [1.807, 2.05) is 4.90 Å². The van der Waals surface area contributed by atoms with Crippen molar-refractivity contribution in [3.05, 3.63) is 0 Å². The van der Waals surface area contributed by atoms with Gasteiger partial charge in [0.25, 0.3) is 0 Å². The molecule has 1 rings (SSSR count). The van der Waals surface area contributed by atoms with Gasteiger partial charge in [0.1, 0.15) is 0 Å². The summed E-state index contributed by atoms with van der Waals surface area (Å²) in [5.74, 6) is 0.462. The van der Waals surface area contributed by atoms with Crippen LogP contribution in [0.4, 0.5) is 0 Å². The molecule has 1 saturated heterocycles. The molecule has 1 aliphatic heterocycles. The monoisotopic (exact) mass is 266 g/mol. The fourth-order valence-corrected chi connectivity index (χ4v) is 3.07. The summed E-state index contributed by atoms with van der Waals surface area (Å²) in [6.45, 7) is 2.43. The van der Waals surface area contributed by atoms with E-state index >= 15 is 0 Å². The molecule has 0 bridgehead atoms. The molecular weight excluding hydrogens is 248 g/mol. The maximum atomic E-state index is 11.4. The van der Waals surface area contributed by atoms with Gasteiger partial charge in [0.05, 0.1) is 18.1 Å². The zero-order chi connectivity index (χ0) is 12.0. The van der Waals surface area contributed by atoms with Gasteiger partial charge in [0.2, 0.25) is 0 Å². The molecule has 16 heavy (non-hydrogen) atoms. The highest BCUT2D eigenvalue weighted by Gasteiger charge is 2.20. The highest BCUT2D eigenvalue weighted by Crippen LogP contribution is 2.05. The van der Waals surface area contributed by atoms with E-state index in [9.17, 15) is 8.42 Å². The highest BCUT2D eigenvalue weighted by molar-refractivity contribution is 7.91. The molecule has 0 spiro atoms. The van der Waals surface area contributed by atoms with Crippen LogP contribution < -0.4 is 5.32 Å². The Morgan fingerprint density at radius 3 is 2.88 bits per heavy atom. The number of thiocarbonyl (C=S) groups is 1. The molecule has 0 amide bonds. The molecule has 0 aliphatic carbocycles. The first-order chi connectivity index (χ1) is 7.55. The fraction of sp³-hybridized carbons (Fsp3) is 0.889. The number of nitrogens with one attached hydrogen (secondary N) is 1. The van der Waals surface area contributed by atoms with Crippen molar-refractivity contribution in [2.75, 3.05) is 44.9 Å². The molecular formula is C9H18N2O3S2. The standard InChI is InChI=1S/C9H18N2O3S2/c1-14-6-3-10-9(15)11-4-2-7-16(12,13)8-5-11/h2-8H2,1H3,(H,10,15). The van der Waals surface area contributed by atoms with Crippen LogP contribution in [-0.2, 0) is 14.6 Å². The third-order valence-corrected chi connectivity index (χ3v) is 4.54. The minimum absolute atomic E-state index is 0.194. The normalized spacial score (nSPS) is 20.2. The summed E-state index contributed by atoms with van der Waals surface area (Å²) in [5.41, 5.74) is 0. The van der Waals surface area contributed by atoms with Crippen molar-refractivity contribution >= 4 is 27.2 Å². The Morgan fingerprint density at radius 1 is 1.44 bits per heavy atom. The summed E-state index contributed by atoms with van der Waals surface area (Å²) >= 11 is 5.19. The predicted molar refractivity (Wildman–Crippen MR) is 67.3 cm³/mol. The topological polar surface area (TPSA) is 58.6 Å². The summed E-state index contributed by atoms with van der Waals surface area (Å²) in [4.78, 5) is 1.91. The van der Waals surface area contributed by atoms with Crippen LogP contribution in [0, 0.1) is 0 Å². The Labute approximate surface area is 102 Å². The van der Waals surface area contributed by atoms with E-state index in [1.165, 1.54) is 0 Å². The first kappa shape index (κ1) is 13.7. The van der Waals surface area contributed by atoms with Crippen LogP contribution >= 0.6 is 12.2 Å². The van der Waals surface area contributed by atoms with Gasteiger partial charge in [-0.25, -0.2) is 8.42 Å². The third kappa shape index (κ3) is 4.63. The van der Waals surface area contributed by atoms with Crippen molar-refractivity contribution in [2.24, 2.45) is 0 Å². The quantitative estimate of drug-likeness (QED) is 0.555. The Bertz CT molecular complexity index is 330. The summed E-state index contributed by atoms with van der Waals surface area (Å²) in [6, 6.07) is 0. The van der Waals surface area contributed by atoms with Crippen LogP contribution in [0.3, 0.4) is 0 Å². The van der Waals surface area contributed by atoms with Gasteiger partial charge in [0.15, 0.2) is 14.9 Å². The molecule has 0 aromatic rings. The number of hydrogen-bond acceptors (Lipinski definition) is 4. The first-order valence-electron chi connectivity index (χ1n) is 5.27. The van der Waals surface area contributed by atoms with Gasteiger partial charge in [-0.1, -0.05) is 0 Å². The Morgan fingerprint density at radius 2 is 2.19 bits per heavy atom. The van der Waals surface area contributed by atoms with Crippen LogP contribution in [0.2, 0.25) is 0 Å². The minimum atomic E-state index is -2.86. The molecule has 1 N–H and O–H groups in total. The molecule has 1 aliphatic rings. The van der Waals surface area contributed by atoms with E-state index in [0.29, 0.717) is 37.8 Å². The second kappa shape index (κ2) is 6.36. The molecule has 0 aromatic heterocycles. The molecule has 0 saturated carbocycles. The Balaban J connectivity index is 2.39. The lowest BCUT2D eigenvalue weighted by molar-refractivity contribution is 0.203. The van der Waals surface area contributed by atoms with Crippen LogP contribution in [-0.4, -0.2) is 63.3 Å². The second-order valence-corrected chi connectivity index (χ2v) is 6.41. The Hall–Kier alpha value is -0.400. The zero-order valence-corrected chi connectivity index (χ0v) is 11.1. The van der Waals surface area contributed by atoms with Gasteiger partial charge in [-0.2, -0.15) is 0 Å². The number of rotatable bonds is 3. The number of sulfone groups is 1. The first-order valence-corrected chi connectivity index (χ1v) is 7.50. The maximum Gasteiger partial charge on any atom is 0.169 e. The van der Waals surface area contributed by atoms with E-state index in [1.54, 1.807) is 7.11 Å². The third-order valence-electron chi connectivity index (χ3n) is 2.43. The van der Waals surface area contributed by atoms with Gasteiger partial charge in [-0.3, -0.25) is 0 Å². The van der Waals surface area contributed by atoms with Gasteiger partial charge < -0.3 is 15.0 Å². The van der Waals surface area contributed by atoms with E-state index in [2.05, 4.69) is 5.32 Å². The van der Waals surface area contributed by atoms with Crippen molar-refractivity contribution in [1.29, 1.82) is 0 Å². The van der Waals surface area contributed by atoms with E-state index in [0.717, 1.165) is 0 Å². The largest absolute Gasteiger partial charge is 0.383 e. The fourth-order valence-electron chi connectivity index (χ4n) is 1.51. The molecule has 1 fully saturated rings. The average molecular weight is 266 g/mol. The minimum Gasteiger partial charge on any atom is -0.383 e. The number of ether oxygens (including phenoxy) is 1. The predicted octanol–water partition coefficient (Wildman–Crippen LogP) is -0.372. The van der Waals surface area contributed by atoms with Gasteiger partial charge in [-0.15, -0.1) is 0 Å². The summed E-state index contributed by atoms with van der Waals surface area (Å²) in [5, 5.41) is 3.67. The van der Waals surface area contributed by atoms with Crippen molar-refractivity contribution in [2.45, 2.75) is 6.42 Å². The second-order valence-electron chi connectivity index (χ2n) is 3.72. The maximum absolute atomic E-state index is 11.4. The Kier molecular flexibility index (Phi) is 5.43. The van der Waals surface area contributed by atoms with Crippen LogP contribution in [0.1, 0.15) is 6.42 Å². The molecule has 7 heteroatoms. The highest BCUT2D eigenvalue weighted by atomic mass is 32.2. The van der Waals surface area contributed by atoms with Gasteiger partial charge in [0, 0.05) is 26.7 Å². The van der Waals surface area contributed by atoms with Crippen molar-refractivity contribution in [3.63, 3.8) is 0 Å². The van der Waals surface area contributed by atoms with E-state index < -0.39 is 9.84 Å². The van der Waals surface area contributed by atoms with Crippen molar-refractivity contribution < 1.29 is 13.2 Å². The molecule has 1 heterocycles. The molecule has 0 unspecified atom stereocenters. The molecule has 0 radical (unpaired) electrons. The number of nitrogens with zero attached hydrogens (tertiary/aromatic N) is 1. The molecule has 0 atom stereocenters. The van der Waals surface area contributed by atoms with Crippen molar-refractivity contribution in [3.8, 4) is 0 Å². The summed E-state index contributed by atoms with van der Waals surface area (Å²) in [6.07, 6.45) is 0.647. The lowest BCUT2D eigenvalue weighted by atomic mass is 10.4. The summed E-state index contributed by atoms with van der Waals surface area (Å²) in [7, 11) is -1.24. The lowest BCUT2D eigenvalue weighted by Gasteiger charge is -2.23. The zero-order valence-electron chi connectivity index (χ0n) is 9.44.